The molecule has 1 unspecified atom stereocenters. The van der Waals surface area contributed by atoms with Crippen LogP contribution in [0.2, 0.25) is 0 Å². The summed E-state index contributed by atoms with van der Waals surface area (Å²) in [5.74, 6) is 0.234. The molecule has 3 heteroatoms. The molecular weight excluding hydrogens is 164 g/mol. The van der Waals surface area contributed by atoms with E-state index in [1.54, 1.807) is 0 Å². The molecule has 2 heterocycles. The summed E-state index contributed by atoms with van der Waals surface area (Å²) in [6.07, 6.45) is 5.88. The summed E-state index contributed by atoms with van der Waals surface area (Å²) >= 11 is 0. The maximum absolute atomic E-state index is 11.8. The predicted molar refractivity (Wildman–Crippen MR) is 50.8 cm³/mol. The first-order valence-electron chi connectivity index (χ1n) is 4.67. The van der Waals surface area contributed by atoms with E-state index in [1.807, 2.05) is 30.1 Å². The third kappa shape index (κ3) is 1.65. The van der Waals surface area contributed by atoms with E-state index >= 15 is 0 Å². The van der Waals surface area contributed by atoms with Crippen LogP contribution in [0.4, 0.5) is 0 Å². The second-order valence-corrected chi connectivity index (χ2v) is 3.58. The number of aryl methyl sites for hydroxylation is 1. The van der Waals surface area contributed by atoms with E-state index < -0.39 is 0 Å². The molecule has 1 fully saturated rings. The molecule has 0 aromatic carbocycles. The number of carbonyl (C=O) groups excluding carboxylic acids is 1. The van der Waals surface area contributed by atoms with Crippen molar-refractivity contribution in [2.45, 2.75) is 18.9 Å². The lowest BCUT2D eigenvalue weighted by Crippen LogP contribution is -2.30. The maximum Gasteiger partial charge on any atom is 0.181 e. The summed E-state index contributed by atoms with van der Waals surface area (Å²) in [5, 5.41) is 3.21. The number of rotatable bonds is 2. The van der Waals surface area contributed by atoms with Crippen LogP contribution in [0, 0.1) is 0 Å². The van der Waals surface area contributed by atoms with E-state index in [2.05, 4.69) is 5.32 Å². The topological polar surface area (TPSA) is 34.0 Å². The van der Waals surface area contributed by atoms with Crippen molar-refractivity contribution >= 4 is 5.78 Å². The highest BCUT2D eigenvalue weighted by atomic mass is 16.1. The number of ketones is 1. The van der Waals surface area contributed by atoms with Gasteiger partial charge in [0.1, 0.15) is 0 Å². The van der Waals surface area contributed by atoms with Crippen LogP contribution in [0.15, 0.2) is 18.5 Å². The molecule has 0 amide bonds. The number of aromatic nitrogens is 1. The van der Waals surface area contributed by atoms with Gasteiger partial charge in [0.05, 0.1) is 6.04 Å². The highest BCUT2D eigenvalue weighted by molar-refractivity contribution is 6.00. The molecule has 0 radical (unpaired) electrons. The Bertz CT molecular complexity index is 310. The van der Waals surface area contributed by atoms with Crippen LogP contribution in [0.25, 0.3) is 0 Å². The minimum atomic E-state index is 0.0578. The van der Waals surface area contributed by atoms with Gasteiger partial charge in [-0.25, -0.2) is 0 Å². The van der Waals surface area contributed by atoms with Crippen LogP contribution < -0.4 is 5.32 Å². The number of nitrogens with one attached hydrogen (secondary N) is 1. The van der Waals surface area contributed by atoms with Crippen molar-refractivity contribution in [2.75, 3.05) is 6.54 Å². The molecule has 1 aromatic heterocycles. The van der Waals surface area contributed by atoms with Crippen molar-refractivity contribution in [3.05, 3.63) is 24.0 Å². The lowest BCUT2D eigenvalue weighted by Gasteiger charge is -2.06. The van der Waals surface area contributed by atoms with E-state index in [0.717, 1.165) is 24.9 Å². The zero-order valence-corrected chi connectivity index (χ0v) is 7.79. The first-order valence-corrected chi connectivity index (χ1v) is 4.67. The molecule has 0 bridgehead atoms. The molecular formula is C10H14N2O. The summed E-state index contributed by atoms with van der Waals surface area (Å²) in [6, 6.07) is 1.94. The van der Waals surface area contributed by atoms with Gasteiger partial charge in [-0.3, -0.25) is 4.79 Å². The molecule has 0 spiro atoms. The average molecular weight is 178 g/mol. The molecule has 1 N–H and O–H groups in total. The van der Waals surface area contributed by atoms with Gasteiger partial charge in [-0.1, -0.05) is 0 Å². The Hall–Kier alpha value is -1.09. The fourth-order valence-electron chi connectivity index (χ4n) is 1.76. The van der Waals surface area contributed by atoms with Crippen molar-refractivity contribution in [1.82, 2.24) is 9.88 Å². The van der Waals surface area contributed by atoms with Gasteiger partial charge in [0.15, 0.2) is 5.78 Å². The second kappa shape index (κ2) is 3.34. The number of nitrogens with zero attached hydrogens (tertiary/aromatic N) is 1. The van der Waals surface area contributed by atoms with E-state index in [4.69, 9.17) is 0 Å². The molecule has 3 nitrogen and oxygen atoms in total. The van der Waals surface area contributed by atoms with Gasteiger partial charge in [-0.15, -0.1) is 0 Å². The smallest absolute Gasteiger partial charge is 0.181 e. The van der Waals surface area contributed by atoms with Crippen LogP contribution in [0.3, 0.4) is 0 Å². The van der Waals surface area contributed by atoms with Gasteiger partial charge in [0, 0.05) is 25.0 Å². The number of hydrogen-bond acceptors (Lipinski definition) is 2. The zero-order valence-electron chi connectivity index (χ0n) is 7.79. The Balaban J connectivity index is 2.12. The summed E-state index contributed by atoms with van der Waals surface area (Å²) in [4.78, 5) is 11.8. The normalized spacial score (nSPS) is 22.1. The molecule has 1 aliphatic rings. The molecule has 1 aromatic rings. The molecule has 2 rings (SSSR count). The van der Waals surface area contributed by atoms with Crippen LogP contribution >= 0.6 is 0 Å². The first-order chi connectivity index (χ1) is 6.27. The molecule has 0 saturated carbocycles. The lowest BCUT2D eigenvalue weighted by molar-refractivity contribution is 0.0952. The Morgan fingerprint density at radius 3 is 3.08 bits per heavy atom. The monoisotopic (exact) mass is 178 g/mol. The van der Waals surface area contributed by atoms with Crippen molar-refractivity contribution in [3.63, 3.8) is 0 Å². The highest BCUT2D eigenvalue weighted by Crippen LogP contribution is 2.12. The van der Waals surface area contributed by atoms with Crippen molar-refractivity contribution in [3.8, 4) is 0 Å². The first kappa shape index (κ1) is 8.51. The van der Waals surface area contributed by atoms with E-state index in [0.29, 0.717) is 0 Å². The molecule has 0 aliphatic carbocycles. The number of Topliss-reactive ketones (excluding diaryl/α,β-unsaturated/α-hetero) is 1. The van der Waals surface area contributed by atoms with Gasteiger partial charge in [0.2, 0.25) is 0 Å². The number of carbonyl (C=O) groups is 1. The number of hydrogen-bond donors (Lipinski definition) is 1. The fourth-order valence-corrected chi connectivity index (χ4v) is 1.76. The lowest BCUT2D eigenvalue weighted by atomic mass is 10.1. The van der Waals surface area contributed by atoms with Crippen molar-refractivity contribution in [2.24, 2.45) is 7.05 Å². The van der Waals surface area contributed by atoms with E-state index in [9.17, 15) is 4.79 Å². The van der Waals surface area contributed by atoms with Gasteiger partial charge < -0.3 is 9.88 Å². The average Bonchev–Trinajstić information content (AvgIpc) is 2.72. The summed E-state index contributed by atoms with van der Waals surface area (Å²) in [6.45, 7) is 0.975. The summed E-state index contributed by atoms with van der Waals surface area (Å²) < 4.78 is 1.90. The SMILES string of the molecule is Cn1ccc(C(=O)C2CCCN2)c1. The van der Waals surface area contributed by atoms with Crippen molar-refractivity contribution < 1.29 is 4.79 Å². The summed E-state index contributed by atoms with van der Waals surface area (Å²) in [7, 11) is 1.93. The fraction of sp³-hybridized carbons (Fsp3) is 0.500. The summed E-state index contributed by atoms with van der Waals surface area (Å²) in [5.41, 5.74) is 0.821. The molecule has 1 saturated heterocycles. The maximum atomic E-state index is 11.8. The van der Waals surface area contributed by atoms with Crippen LogP contribution in [0.1, 0.15) is 23.2 Å². The van der Waals surface area contributed by atoms with Gasteiger partial charge in [0.25, 0.3) is 0 Å². The minimum absolute atomic E-state index is 0.0578. The van der Waals surface area contributed by atoms with Crippen molar-refractivity contribution in [1.29, 1.82) is 0 Å². The third-order valence-electron chi connectivity index (χ3n) is 2.49. The Labute approximate surface area is 77.7 Å². The standard InChI is InChI=1S/C10H14N2O/c1-12-6-4-8(7-12)10(13)9-3-2-5-11-9/h4,6-7,9,11H,2-3,5H2,1H3. The van der Waals surface area contributed by atoms with Gasteiger partial charge in [-0.05, 0) is 25.5 Å². The van der Waals surface area contributed by atoms with E-state index in [-0.39, 0.29) is 11.8 Å². The molecule has 1 aliphatic heterocycles. The Morgan fingerprint density at radius 1 is 1.69 bits per heavy atom. The zero-order chi connectivity index (χ0) is 9.26. The highest BCUT2D eigenvalue weighted by Gasteiger charge is 2.23. The van der Waals surface area contributed by atoms with Gasteiger partial charge in [-0.2, -0.15) is 0 Å². The molecule has 70 valence electrons. The van der Waals surface area contributed by atoms with Gasteiger partial charge >= 0.3 is 0 Å². The minimum Gasteiger partial charge on any atom is -0.357 e. The second-order valence-electron chi connectivity index (χ2n) is 3.58. The third-order valence-corrected chi connectivity index (χ3v) is 2.49. The quantitative estimate of drug-likeness (QED) is 0.684. The molecule has 13 heavy (non-hydrogen) atoms. The van der Waals surface area contributed by atoms with Crippen LogP contribution in [-0.2, 0) is 7.05 Å². The molecule has 1 atom stereocenters. The largest absolute Gasteiger partial charge is 0.357 e. The van der Waals surface area contributed by atoms with Crippen LogP contribution in [-0.4, -0.2) is 22.9 Å². The van der Waals surface area contributed by atoms with E-state index in [1.165, 1.54) is 0 Å². The predicted octanol–water partition coefficient (Wildman–Crippen LogP) is 0.960. The Morgan fingerprint density at radius 2 is 2.54 bits per heavy atom. The Kier molecular flexibility index (Phi) is 2.19. The van der Waals surface area contributed by atoms with Crippen LogP contribution in [0.5, 0.6) is 0 Å².